The molecule has 2 saturated heterocycles. The van der Waals surface area contributed by atoms with Gasteiger partial charge in [0.15, 0.2) is 5.82 Å². The van der Waals surface area contributed by atoms with E-state index in [4.69, 9.17) is 24.3 Å². The lowest BCUT2D eigenvalue weighted by molar-refractivity contribution is 0.0317. The SMILES string of the molecule is CC.Cc1ccc2c(c1)/C(=N/Nc1cc(N3CCCCC3)nc(OCCN3CCOCC3)n1)CCO2. The van der Waals surface area contributed by atoms with E-state index in [-0.39, 0.29) is 0 Å². The number of aromatic nitrogens is 2. The largest absolute Gasteiger partial charge is 0.492 e. The summed E-state index contributed by atoms with van der Waals surface area (Å²) < 4.78 is 17.2. The molecular formula is C27H40N6O3. The van der Waals surface area contributed by atoms with E-state index in [9.17, 15) is 0 Å². The van der Waals surface area contributed by atoms with Gasteiger partial charge in [-0.05, 0) is 38.3 Å². The molecule has 0 saturated carbocycles. The zero-order valence-corrected chi connectivity index (χ0v) is 22.0. The average molecular weight is 497 g/mol. The van der Waals surface area contributed by atoms with E-state index in [1.807, 2.05) is 26.0 Å². The molecule has 36 heavy (non-hydrogen) atoms. The third-order valence-electron chi connectivity index (χ3n) is 6.46. The quantitative estimate of drug-likeness (QED) is 0.574. The monoisotopic (exact) mass is 496 g/mol. The summed E-state index contributed by atoms with van der Waals surface area (Å²) in [5, 5.41) is 4.72. The van der Waals surface area contributed by atoms with Crippen LogP contribution in [0.3, 0.4) is 0 Å². The zero-order chi connectivity index (χ0) is 25.2. The van der Waals surface area contributed by atoms with Gasteiger partial charge in [0, 0.05) is 50.8 Å². The second kappa shape index (κ2) is 13.4. The molecule has 2 aromatic rings. The van der Waals surface area contributed by atoms with E-state index in [1.165, 1.54) is 24.8 Å². The van der Waals surface area contributed by atoms with Crippen molar-refractivity contribution in [3.63, 3.8) is 0 Å². The van der Waals surface area contributed by atoms with Crippen LogP contribution < -0.4 is 19.8 Å². The molecule has 4 heterocycles. The van der Waals surface area contributed by atoms with Crippen molar-refractivity contribution in [2.75, 3.05) is 69.5 Å². The minimum Gasteiger partial charge on any atom is -0.492 e. The minimum absolute atomic E-state index is 0.391. The van der Waals surface area contributed by atoms with Crippen molar-refractivity contribution < 1.29 is 14.2 Å². The topological polar surface area (TPSA) is 84.3 Å². The number of fused-ring (bicyclic) bond motifs is 1. The van der Waals surface area contributed by atoms with Crippen molar-refractivity contribution in [3.8, 4) is 11.8 Å². The van der Waals surface area contributed by atoms with Crippen molar-refractivity contribution in [2.24, 2.45) is 5.10 Å². The van der Waals surface area contributed by atoms with E-state index in [0.717, 1.165) is 75.2 Å². The number of hydrogen-bond donors (Lipinski definition) is 1. The summed E-state index contributed by atoms with van der Waals surface area (Å²) in [7, 11) is 0. The Morgan fingerprint density at radius 3 is 2.61 bits per heavy atom. The molecule has 1 aromatic heterocycles. The molecule has 0 unspecified atom stereocenters. The van der Waals surface area contributed by atoms with Crippen LogP contribution in [0, 0.1) is 6.92 Å². The molecular weight excluding hydrogens is 456 g/mol. The number of rotatable bonds is 7. The highest BCUT2D eigenvalue weighted by Gasteiger charge is 2.19. The van der Waals surface area contributed by atoms with Gasteiger partial charge in [0.05, 0.1) is 25.5 Å². The molecule has 5 rings (SSSR count). The number of ether oxygens (including phenoxy) is 3. The fourth-order valence-corrected chi connectivity index (χ4v) is 4.54. The van der Waals surface area contributed by atoms with E-state index in [2.05, 4.69) is 39.3 Å². The third-order valence-corrected chi connectivity index (χ3v) is 6.46. The summed E-state index contributed by atoms with van der Waals surface area (Å²) in [4.78, 5) is 14.0. The van der Waals surface area contributed by atoms with Crippen LogP contribution in [-0.4, -0.2) is 79.7 Å². The Morgan fingerprint density at radius 2 is 1.81 bits per heavy atom. The van der Waals surface area contributed by atoms with Gasteiger partial charge in [-0.2, -0.15) is 15.1 Å². The lowest BCUT2D eigenvalue weighted by Crippen LogP contribution is -2.38. The maximum atomic E-state index is 6.00. The zero-order valence-electron chi connectivity index (χ0n) is 22.0. The van der Waals surface area contributed by atoms with Gasteiger partial charge in [-0.25, -0.2) is 0 Å². The van der Waals surface area contributed by atoms with E-state index in [1.54, 1.807) is 0 Å². The number of benzene rings is 1. The normalized spacial score (nSPS) is 19.1. The second-order valence-electron chi connectivity index (χ2n) is 9.01. The fourth-order valence-electron chi connectivity index (χ4n) is 4.54. The molecule has 3 aliphatic heterocycles. The predicted octanol–water partition coefficient (Wildman–Crippen LogP) is 4.11. The van der Waals surface area contributed by atoms with Crippen molar-refractivity contribution in [1.29, 1.82) is 0 Å². The molecule has 1 aromatic carbocycles. The molecule has 2 fully saturated rings. The average Bonchev–Trinajstić information content (AvgIpc) is 2.94. The number of nitrogens with one attached hydrogen (secondary N) is 1. The first-order valence-electron chi connectivity index (χ1n) is 13.4. The molecule has 196 valence electrons. The van der Waals surface area contributed by atoms with Crippen LogP contribution in [-0.2, 0) is 4.74 Å². The fraction of sp³-hybridized carbons (Fsp3) is 0.593. The Bertz CT molecular complexity index is 1000. The molecule has 0 spiro atoms. The molecule has 0 radical (unpaired) electrons. The van der Waals surface area contributed by atoms with Gasteiger partial charge in [-0.3, -0.25) is 10.3 Å². The van der Waals surface area contributed by atoms with E-state index in [0.29, 0.717) is 25.0 Å². The summed E-state index contributed by atoms with van der Waals surface area (Å²) in [5.41, 5.74) is 6.37. The van der Waals surface area contributed by atoms with Gasteiger partial charge in [0.1, 0.15) is 18.2 Å². The molecule has 0 atom stereocenters. The van der Waals surface area contributed by atoms with Crippen molar-refractivity contribution in [2.45, 2.75) is 46.5 Å². The highest BCUT2D eigenvalue weighted by atomic mass is 16.5. The van der Waals surface area contributed by atoms with Crippen LogP contribution in [0.2, 0.25) is 0 Å². The molecule has 0 bridgehead atoms. The standard InChI is InChI=1S/C25H34N6O3.C2H6/c1-19-5-6-22-20(17-19)21(7-13-33-22)28-29-23-18-24(31-8-3-2-4-9-31)27-25(26-23)34-16-12-30-10-14-32-15-11-30;1-2/h5-6,17-18H,2-4,7-16H2,1H3,(H,26,27,29);1-2H3/b28-21+;. The number of morpholine rings is 1. The Balaban J connectivity index is 0.00000148. The predicted molar refractivity (Wildman–Crippen MR) is 144 cm³/mol. The van der Waals surface area contributed by atoms with Crippen LogP contribution in [0.15, 0.2) is 29.4 Å². The third kappa shape index (κ3) is 7.07. The number of hydrazone groups is 1. The number of piperidine rings is 1. The summed E-state index contributed by atoms with van der Waals surface area (Å²) in [6.07, 6.45) is 4.37. The Labute approximate surface area is 214 Å². The van der Waals surface area contributed by atoms with Crippen molar-refractivity contribution in [1.82, 2.24) is 14.9 Å². The van der Waals surface area contributed by atoms with Gasteiger partial charge in [0.2, 0.25) is 0 Å². The second-order valence-corrected chi connectivity index (χ2v) is 9.01. The molecule has 9 heteroatoms. The van der Waals surface area contributed by atoms with Crippen LogP contribution >= 0.6 is 0 Å². The minimum atomic E-state index is 0.391. The van der Waals surface area contributed by atoms with Crippen LogP contribution in [0.1, 0.15) is 50.7 Å². The summed E-state index contributed by atoms with van der Waals surface area (Å²) in [6.45, 7) is 13.5. The highest BCUT2D eigenvalue weighted by molar-refractivity contribution is 6.04. The van der Waals surface area contributed by atoms with Crippen LogP contribution in [0.5, 0.6) is 11.8 Å². The molecule has 0 amide bonds. The van der Waals surface area contributed by atoms with Crippen LogP contribution in [0.25, 0.3) is 0 Å². The molecule has 9 nitrogen and oxygen atoms in total. The Hall–Kier alpha value is -2.91. The first-order chi connectivity index (χ1) is 17.7. The van der Waals surface area contributed by atoms with E-state index >= 15 is 0 Å². The molecule has 3 aliphatic rings. The lowest BCUT2D eigenvalue weighted by Gasteiger charge is -2.28. The van der Waals surface area contributed by atoms with Gasteiger partial charge in [0.25, 0.3) is 0 Å². The maximum Gasteiger partial charge on any atom is 0.320 e. The Kier molecular flexibility index (Phi) is 9.75. The lowest BCUT2D eigenvalue weighted by atomic mass is 10.0. The Morgan fingerprint density at radius 1 is 1.00 bits per heavy atom. The molecule has 0 aliphatic carbocycles. The first kappa shape index (κ1) is 26.2. The number of nitrogens with zero attached hydrogens (tertiary/aromatic N) is 5. The van der Waals surface area contributed by atoms with Gasteiger partial charge < -0.3 is 19.1 Å². The van der Waals surface area contributed by atoms with Gasteiger partial charge in [-0.1, -0.05) is 25.5 Å². The van der Waals surface area contributed by atoms with E-state index < -0.39 is 0 Å². The first-order valence-corrected chi connectivity index (χ1v) is 13.4. The highest BCUT2D eigenvalue weighted by Crippen LogP contribution is 2.27. The van der Waals surface area contributed by atoms with Gasteiger partial charge in [-0.15, -0.1) is 0 Å². The summed E-state index contributed by atoms with van der Waals surface area (Å²) in [6, 6.07) is 8.56. The number of aryl methyl sites for hydroxylation is 1. The van der Waals surface area contributed by atoms with Crippen LogP contribution in [0.4, 0.5) is 11.6 Å². The molecule has 1 N–H and O–H groups in total. The summed E-state index contributed by atoms with van der Waals surface area (Å²) >= 11 is 0. The number of hydrogen-bond acceptors (Lipinski definition) is 9. The number of anilines is 2. The van der Waals surface area contributed by atoms with Crippen molar-refractivity contribution >= 4 is 17.3 Å². The smallest absolute Gasteiger partial charge is 0.320 e. The van der Waals surface area contributed by atoms with Gasteiger partial charge >= 0.3 is 6.01 Å². The maximum absolute atomic E-state index is 6.00. The summed E-state index contributed by atoms with van der Waals surface area (Å²) in [5.74, 6) is 2.41. The van der Waals surface area contributed by atoms with Crippen molar-refractivity contribution in [3.05, 3.63) is 35.4 Å².